The molecule has 19 heteroatoms. The molecule has 0 aromatic carbocycles. The van der Waals surface area contributed by atoms with Crippen LogP contribution in [0.1, 0.15) is 92.4 Å². The fourth-order valence-electron chi connectivity index (χ4n) is 7.64. The van der Waals surface area contributed by atoms with Crippen LogP contribution in [0.2, 0.25) is 0 Å². The van der Waals surface area contributed by atoms with Crippen LogP contribution in [0.5, 0.6) is 0 Å². The van der Waals surface area contributed by atoms with Crippen LogP contribution in [0, 0.1) is 30.1 Å². The van der Waals surface area contributed by atoms with Gasteiger partial charge in [-0.15, -0.1) is 11.3 Å². The molecule has 6 N–H and O–H groups in total. The number of hydrogen-bond acceptors (Lipinski definition) is 14. The maximum absolute atomic E-state index is 13.6. The summed E-state index contributed by atoms with van der Waals surface area (Å²) >= 11 is 1.78. The molecule has 18 nitrogen and oxygen atoms in total. The number of likely N-dealkylation sites (N-methyl/N-ethyl adjacent to an activating group) is 2. The number of ether oxygens (including phenoxy) is 5. The molecular formula is C46H86N6O12S. The van der Waals surface area contributed by atoms with Crippen molar-refractivity contribution < 1.29 is 57.6 Å². The van der Waals surface area contributed by atoms with E-state index in [9.17, 15) is 24.0 Å². The van der Waals surface area contributed by atoms with E-state index in [2.05, 4.69) is 48.4 Å². The lowest BCUT2D eigenvalue weighted by Crippen LogP contribution is -2.53. The predicted octanol–water partition coefficient (Wildman–Crippen LogP) is 3.97. The van der Waals surface area contributed by atoms with Gasteiger partial charge in [0.25, 0.3) is 0 Å². The minimum atomic E-state index is -1.13. The molecule has 2 rings (SSSR count). The number of nitrogens with two attached hydrogens (primary N) is 2. The number of carbonyl (C=O) groups excluding carboxylic acids is 4. The molecule has 378 valence electrons. The zero-order chi connectivity index (χ0) is 49.7. The number of thiophene rings is 1. The number of carboxylic acids is 1. The minimum absolute atomic E-state index is 0.0204. The summed E-state index contributed by atoms with van der Waals surface area (Å²) in [5, 5.41) is 13.3. The molecule has 0 radical (unpaired) electrons. The first-order valence-electron chi connectivity index (χ1n) is 22.7. The lowest BCUT2D eigenvalue weighted by Gasteiger charge is -2.40. The summed E-state index contributed by atoms with van der Waals surface area (Å²) in [4.78, 5) is 72.6. The largest absolute Gasteiger partial charge is 0.480 e. The van der Waals surface area contributed by atoms with Crippen LogP contribution in [0.25, 0.3) is 0 Å². The molecule has 0 spiro atoms. The normalized spacial score (nSPS) is 16.6. The number of aliphatic carboxylic acids is 1. The van der Waals surface area contributed by atoms with Crippen molar-refractivity contribution in [3.8, 4) is 0 Å². The highest BCUT2D eigenvalue weighted by Gasteiger charge is 2.42. The van der Waals surface area contributed by atoms with Crippen LogP contribution >= 0.6 is 11.3 Å². The summed E-state index contributed by atoms with van der Waals surface area (Å²) in [5.41, 5.74) is 5.24. The van der Waals surface area contributed by atoms with E-state index < -0.39 is 36.5 Å². The number of methoxy groups -OCH3 is 2. The second kappa shape index (κ2) is 34.1. The first kappa shape index (κ1) is 61.7. The van der Waals surface area contributed by atoms with Gasteiger partial charge in [-0.3, -0.25) is 28.9 Å². The Morgan fingerprint density at radius 3 is 1.97 bits per heavy atom. The van der Waals surface area contributed by atoms with Crippen molar-refractivity contribution in [2.45, 2.75) is 125 Å². The van der Waals surface area contributed by atoms with Gasteiger partial charge in [0.1, 0.15) is 6.54 Å². The van der Waals surface area contributed by atoms with Crippen LogP contribution < -0.4 is 16.9 Å². The van der Waals surface area contributed by atoms with E-state index in [0.29, 0.717) is 72.2 Å². The molecule has 1 fully saturated rings. The van der Waals surface area contributed by atoms with Gasteiger partial charge in [-0.2, -0.15) is 0 Å². The Morgan fingerprint density at radius 2 is 1.54 bits per heavy atom. The van der Waals surface area contributed by atoms with Gasteiger partial charge in [-0.25, -0.2) is 5.90 Å². The third-order valence-electron chi connectivity index (χ3n) is 11.1. The van der Waals surface area contributed by atoms with E-state index >= 15 is 0 Å². The maximum atomic E-state index is 13.6. The minimum Gasteiger partial charge on any atom is -0.480 e. The van der Waals surface area contributed by atoms with Crippen molar-refractivity contribution >= 4 is 40.9 Å². The SMILES string of the molecule is CC(C)C(C(N)=O)N(C)CCOCCOCCOCCON.CCC(C)C(C(CC(=O)N1CCCC1C(OC)C(C)C(=O)NCC(=O)O)OC)N(C)C(=O)CC(C)(C)C.Cc1cccs1. The monoisotopic (exact) mass is 947 g/mol. The third-order valence-corrected chi connectivity index (χ3v) is 11.9. The van der Waals surface area contributed by atoms with E-state index in [1.165, 1.54) is 12.0 Å². The van der Waals surface area contributed by atoms with Crippen molar-refractivity contribution in [1.29, 1.82) is 0 Å². The highest BCUT2D eigenvalue weighted by atomic mass is 32.1. The molecule has 7 atom stereocenters. The van der Waals surface area contributed by atoms with Gasteiger partial charge in [-0.1, -0.05) is 67.9 Å². The average Bonchev–Trinajstić information content (AvgIpc) is 3.93. The average molecular weight is 947 g/mol. The van der Waals surface area contributed by atoms with E-state index in [1.54, 1.807) is 42.2 Å². The van der Waals surface area contributed by atoms with E-state index in [-0.39, 0.29) is 59.5 Å². The van der Waals surface area contributed by atoms with E-state index in [4.69, 9.17) is 40.4 Å². The van der Waals surface area contributed by atoms with Gasteiger partial charge in [0.05, 0.1) is 88.9 Å². The highest BCUT2D eigenvalue weighted by Crippen LogP contribution is 2.30. The number of amides is 4. The van der Waals surface area contributed by atoms with Gasteiger partial charge < -0.3 is 54.5 Å². The standard InChI is InChI=1S/C27H49N3O7.C14H31N3O5.C5H6S/c1-10-17(2)24(29(7)22(32)15-27(4,5)6)20(36-8)14-21(31)30-13-11-12-19(30)25(37-9)18(3)26(35)28-16-23(33)34;1-12(2)13(14(15)18)17(3)4-5-19-6-7-20-8-9-21-10-11-22-16;1-5-3-2-4-6-5/h17-20,24-25H,10-16H2,1-9H3,(H,28,35)(H,33,34);12-13H,4-11,16H2,1-3H3,(H2,15,18);2-4H,1H3. The van der Waals surface area contributed by atoms with Crippen LogP contribution in [-0.4, -0.2) is 174 Å². The number of hydrogen-bond donors (Lipinski definition) is 4. The molecule has 7 unspecified atom stereocenters. The fourth-order valence-corrected chi connectivity index (χ4v) is 8.17. The molecule has 1 aromatic heterocycles. The number of primary amides is 1. The molecule has 1 aromatic rings. The Kier molecular flexibility index (Phi) is 32.4. The third kappa shape index (κ3) is 25.4. The summed E-state index contributed by atoms with van der Waals surface area (Å²) < 4.78 is 27.5. The summed E-state index contributed by atoms with van der Waals surface area (Å²) in [5.74, 6) is 2.55. The predicted molar refractivity (Wildman–Crippen MR) is 253 cm³/mol. The second-order valence-corrected chi connectivity index (χ2v) is 19.1. The Morgan fingerprint density at radius 1 is 0.954 bits per heavy atom. The molecule has 4 amide bonds. The van der Waals surface area contributed by atoms with Crippen molar-refractivity contribution in [2.75, 3.05) is 94.2 Å². The van der Waals surface area contributed by atoms with Crippen molar-refractivity contribution in [3.05, 3.63) is 22.4 Å². The van der Waals surface area contributed by atoms with Gasteiger partial charge in [0.2, 0.25) is 23.6 Å². The quantitative estimate of drug-likeness (QED) is 0.0658. The number of likely N-dealkylation sites (tertiary alicyclic amines) is 1. The van der Waals surface area contributed by atoms with Crippen LogP contribution in [0.4, 0.5) is 0 Å². The molecular weight excluding hydrogens is 861 g/mol. The van der Waals surface area contributed by atoms with Crippen LogP contribution in [0.3, 0.4) is 0 Å². The topological polar surface area (TPSA) is 235 Å². The number of nitrogens with zero attached hydrogens (tertiary/aromatic N) is 3. The summed E-state index contributed by atoms with van der Waals surface area (Å²) in [6.45, 7) is 22.0. The molecule has 0 aliphatic carbocycles. The number of carbonyl (C=O) groups is 5. The van der Waals surface area contributed by atoms with Crippen LogP contribution in [-0.2, 0) is 52.5 Å². The van der Waals surface area contributed by atoms with Gasteiger partial charge in [0, 0.05) is 45.7 Å². The molecule has 2 heterocycles. The Hall–Kier alpha value is -3.27. The van der Waals surface area contributed by atoms with Gasteiger partial charge >= 0.3 is 5.97 Å². The van der Waals surface area contributed by atoms with Crippen molar-refractivity contribution in [3.63, 3.8) is 0 Å². The maximum Gasteiger partial charge on any atom is 0.322 e. The number of rotatable bonds is 29. The van der Waals surface area contributed by atoms with E-state index in [0.717, 1.165) is 12.8 Å². The van der Waals surface area contributed by atoms with Gasteiger partial charge in [0.15, 0.2) is 0 Å². The van der Waals surface area contributed by atoms with Crippen LogP contribution in [0.15, 0.2) is 17.5 Å². The Labute approximate surface area is 393 Å². The number of nitrogens with one attached hydrogen (secondary N) is 1. The lowest BCUT2D eigenvalue weighted by atomic mass is 9.88. The Bertz CT molecular complexity index is 1470. The molecule has 0 saturated carbocycles. The second-order valence-electron chi connectivity index (χ2n) is 18.0. The first-order valence-corrected chi connectivity index (χ1v) is 23.6. The fraction of sp³-hybridized carbons (Fsp3) is 0.804. The van der Waals surface area contributed by atoms with Crippen molar-refractivity contribution in [2.24, 2.45) is 34.8 Å². The lowest BCUT2D eigenvalue weighted by molar-refractivity contribution is -0.146. The summed E-state index contributed by atoms with van der Waals surface area (Å²) in [6, 6.07) is 3.30. The highest BCUT2D eigenvalue weighted by molar-refractivity contribution is 7.09. The molecule has 65 heavy (non-hydrogen) atoms. The molecule has 1 aliphatic heterocycles. The van der Waals surface area contributed by atoms with Crippen molar-refractivity contribution in [1.82, 2.24) is 20.0 Å². The smallest absolute Gasteiger partial charge is 0.322 e. The zero-order valence-electron chi connectivity index (χ0n) is 41.8. The first-order chi connectivity index (χ1) is 30.6. The summed E-state index contributed by atoms with van der Waals surface area (Å²) in [6.07, 6.45) is 1.70. The molecule has 1 saturated heterocycles. The summed E-state index contributed by atoms with van der Waals surface area (Å²) in [7, 11) is 6.74. The number of carboxylic acid groups (broad SMARTS) is 1. The van der Waals surface area contributed by atoms with E-state index in [1.807, 2.05) is 46.6 Å². The Balaban J connectivity index is 0.00000122. The zero-order valence-corrected chi connectivity index (χ0v) is 42.6. The number of aryl methyl sites for hydroxylation is 1. The molecule has 1 aliphatic rings. The molecule has 0 bridgehead atoms. The van der Waals surface area contributed by atoms with Gasteiger partial charge in [-0.05, 0) is 55.5 Å².